The van der Waals surface area contributed by atoms with Gasteiger partial charge in [-0.15, -0.1) is 0 Å². The molecule has 0 aliphatic rings. The quantitative estimate of drug-likeness (QED) is 0.265. The van der Waals surface area contributed by atoms with Gasteiger partial charge < -0.3 is 31.0 Å². The lowest BCUT2D eigenvalue weighted by atomic mass is 10.5. The summed E-state index contributed by atoms with van der Waals surface area (Å²) < 4.78 is 0.419. The molecule has 0 unspecified atom stereocenters. The monoisotopic (exact) mass is 234 g/mol. The van der Waals surface area contributed by atoms with Gasteiger partial charge in [0.25, 0.3) is 0 Å². The summed E-state index contributed by atoms with van der Waals surface area (Å²) in [6, 6.07) is 0. The summed E-state index contributed by atoms with van der Waals surface area (Å²) >= 11 is 0. The number of likely N-dealkylation sites (N-methyl/N-ethyl adjacent to an activating group) is 1. The molecule has 0 aliphatic heterocycles. The average molecular weight is 234 g/mol. The Kier molecular flexibility index (Phi) is 7.74. The first-order valence-electron chi connectivity index (χ1n) is 4.32. The van der Waals surface area contributed by atoms with Crippen LogP contribution < -0.4 is 16.6 Å². The molecule has 16 heavy (non-hydrogen) atoms. The number of aliphatic carboxylic acids is 2. The van der Waals surface area contributed by atoms with E-state index < -0.39 is 11.9 Å². The molecule has 0 aromatic carbocycles. The van der Waals surface area contributed by atoms with Crippen LogP contribution in [0.3, 0.4) is 0 Å². The third-order valence-corrected chi connectivity index (χ3v) is 1.00. The molecule has 0 rings (SSSR count). The highest BCUT2D eigenvalue weighted by molar-refractivity contribution is 5.79. The summed E-state index contributed by atoms with van der Waals surface area (Å²) in [7, 11) is 5.40. The maximum Gasteiger partial charge on any atom is 0.325 e. The Hall–Kier alpha value is -1.83. The molecule has 0 fully saturated rings. The molecule has 94 valence electrons. The van der Waals surface area contributed by atoms with Crippen molar-refractivity contribution < 1.29 is 24.3 Å². The smallest absolute Gasteiger partial charge is 0.325 e. The minimum absolute atomic E-state index is 0.0694. The van der Waals surface area contributed by atoms with Crippen LogP contribution in [-0.2, 0) is 9.59 Å². The summed E-state index contributed by atoms with van der Waals surface area (Å²) in [6.07, 6.45) is 0. The van der Waals surface area contributed by atoms with E-state index in [1.165, 1.54) is 0 Å². The van der Waals surface area contributed by atoms with Gasteiger partial charge >= 0.3 is 5.97 Å². The van der Waals surface area contributed by atoms with E-state index in [2.05, 4.69) is 4.99 Å². The molecule has 0 aromatic heterocycles. The van der Waals surface area contributed by atoms with Crippen molar-refractivity contribution in [1.82, 2.24) is 0 Å². The van der Waals surface area contributed by atoms with E-state index >= 15 is 0 Å². The summed E-state index contributed by atoms with van der Waals surface area (Å²) in [5.41, 5.74) is 9.61. The lowest BCUT2D eigenvalue weighted by molar-refractivity contribution is -0.864. The number of hydrogen-bond donors (Lipinski definition) is 3. The van der Waals surface area contributed by atoms with Gasteiger partial charge in [-0.05, 0) is 0 Å². The Bertz CT molecular complexity index is 266. The molecule has 8 heteroatoms. The van der Waals surface area contributed by atoms with Crippen LogP contribution in [0.25, 0.3) is 0 Å². The van der Waals surface area contributed by atoms with E-state index in [-0.39, 0.29) is 19.0 Å². The Balaban J connectivity index is 0. The summed E-state index contributed by atoms with van der Waals surface area (Å²) in [5.74, 6) is -2.25. The number of carbonyl (C=O) groups is 2. The normalized spacial score (nSPS) is 9.69. The predicted molar refractivity (Wildman–Crippen MR) is 56.2 cm³/mol. The lowest BCUT2D eigenvalue weighted by Gasteiger charge is -2.23. The maximum atomic E-state index is 9.89. The fraction of sp³-hybridized carbons (Fsp3) is 0.625. The zero-order valence-corrected chi connectivity index (χ0v) is 9.64. The number of quaternary nitrogens is 1. The van der Waals surface area contributed by atoms with Gasteiger partial charge in [0.2, 0.25) is 0 Å². The molecule has 5 N–H and O–H groups in total. The van der Waals surface area contributed by atoms with Gasteiger partial charge in [-0.2, -0.15) is 0 Å². The highest BCUT2D eigenvalue weighted by Gasteiger charge is 2.04. The van der Waals surface area contributed by atoms with Crippen molar-refractivity contribution in [3.05, 3.63) is 0 Å². The first-order valence-corrected chi connectivity index (χ1v) is 4.32. The van der Waals surface area contributed by atoms with E-state index in [4.69, 9.17) is 16.6 Å². The first kappa shape index (κ1) is 16.6. The van der Waals surface area contributed by atoms with Gasteiger partial charge in [-0.1, -0.05) is 0 Å². The van der Waals surface area contributed by atoms with E-state index in [1.807, 2.05) is 0 Å². The molecule has 0 atom stereocenters. The van der Waals surface area contributed by atoms with Crippen LogP contribution in [0.1, 0.15) is 0 Å². The molecular formula is C8H18N4O4. The zero-order valence-electron chi connectivity index (χ0n) is 9.64. The van der Waals surface area contributed by atoms with E-state index in [0.29, 0.717) is 4.48 Å². The molecule has 0 saturated carbocycles. The zero-order chi connectivity index (χ0) is 13.4. The van der Waals surface area contributed by atoms with Crippen LogP contribution >= 0.6 is 0 Å². The minimum Gasteiger partial charge on any atom is -0.544 e. The van der Waals surface area contributed by atoms with Crippen molar-refractivity contribution >= 4 is 17.9 Å². The second-order valence-corrected chi connectivity index (χ2v) is 3.96. The van der Waals surface area contributed by atoms with Crippen LogP contribution in [-0.4, -0.2) is 61.7 Å². The Labute approximate surface area is 93.8 Å². The Morgan fingerprint density at radius 1 is 1.31 bits per heavy atom. The lowest BCUT2D eigenvalue weighted by Crippen LogP contribution is -2.45. The van der Waals surface area contributed by atoms with Crippen molar-refractivity contribution in [2.24, 2.45) is 16.5 Å². The topological polar surface area (TPSA) is 142 Å². The Morgan fingerprint density at radius 3 is 1.81 bits per heavy atom. The van der Waals surface area contributed by atoms with Gasteiger partial charge in [-0.25, -0.2) is 4.99 Å². The van der Waals surface area contributed by atoms with E-state index in [9.17, 15) is 14.7 Å². The van der Waals surface area contributed by atoms with Crippen molar-refractivity contribution in [2.45, 2.75) is 0 Å². The average Bonchev–Trinajstić information content (AvgIpc) is 1.96. The summed E-state index contributed by atoms with van der Waals surface area (Å²) in [4.78, 5) is 22.8. The van der Waals surface area contributed by atoms with Crippen LogP contribution in [0.5, 0.6) is 0 Å². The maximum absolute atomic E-state index is 9.89. The highest BCUT2D eigenvalue weighted by atomic mass is 16.4. The molecular weight excluding hydrogens is 216 g/mol. The standard InChI is InChI=1S/C5H11NO2.C3H7N3O2/c1-6(2,3)4-5(7)8;4-3(5)6-1-2(7)8/h4H2,1-3H3;1H2,(H,7,8)(H4,4,5,6). The number of hydrogen-bond acceptors (Lipinski definition) is 4. The fourth-order valence-electron chi connectivity index (χ4n) is 0.546. The van der Waals surface area contributed by atoms with Gasteiger partial charge in [0.05, 0.1) is 27.1 Å². The van der Waals surface area contributed by atoms with Gasteiger partial charge in [0.1, 0.15) is 13.1 Å². The molecule has 0 spiro atoms. The molecule has 0 amide bonds. The number of nitrogens with zero attached hydrogens (tertiary/aromatic N) is 2. The van der Waals surface area contributed by atoms with Crippen molar-refractivity contribution in [3.8, 4) is 0 Å². The molecule has 0 saturated heterocycles. The second-order valence-electron chi connectivity index (χ2n) is 3.96. The molecule has 0 aliphatic carbocycles. The number of guanidine groups is 1. The van der Waals surface area contributed by atoms with Crippen molar-refractivity contribution in [1.29, 1.82) is 0 Å². The van der Waals surface area contributed by atoms with E-state index in [0.717, 1.165) is 0 Å². The number of nitrogens with two attached hydrogens (primary N) is 2. The third kappa shape index (κ3) is 22.7. The van der Waals surface area contributed by atoms with E-state index in [1.54, 1.807) is 21.1 Å². The number of aliphatic imine (C=N–C) groups is 1. The first-order chi connectivity index (χ1) is 7.04. The van der Waals surface area contributed by atoms with Crippen LogP contribution in [0.4, 0.5) is 0 Å². The highest BCUT2D eigenvalue weighted by Crippen LogP contribution is 1.84. The van der Waals surface area contributed by atoms with Crippen LogP contribution in [0.2, 0.25) is 0 Å². The molecule has 0 radical (unpaired) electrons. The largest absolute Gasteiger partial charge is 0.544 e. The van der Waals surface area contributed by atoms with Crippen LogP contribution in [0.15, 0.2) is 4.99 Å². The Morgan fingerprint density at radius 2 is 1.75 bits per heavy atom. The van der Waals surface area contributed by atoms with Gasteiger partial charge in [0, 0.05) is 0 Å². The third-order valence-electron chi connectivity index (χ3n) is 1.00. The number of carbonyl (C=O) groups excluding carboxylic acids is 1. The second kappa shape index (κ2) is 7.46. The molecule has 0 bridgehead atoms. The van der Waals surface area contributed by atoms with Gasteiger partial charge in [0.15, 0.2) is 5.96 Å². The van der Waals surface area contributed by atoms with Crippen molar-refractivity contribution in [3.63, 3.8) is 0 Å². The number of carboxylic acids is 2. The van der Waals surface area contributed by atoms with Crippen LogP contribution in [0, 0.1) is 0 Å². The molecule has 0 aromatic rings. The fourth-order valence-corrected chi connectivity index (χ4v) is 0.546. The SMILES string of the molecule is C[N+](C)(C)CC(=O)[O-].NC(N)=NCC(=O)O. The summed E-state index contributed by atoms with van der Waals surface area (Å²) in [5, 5.41) is 17.8. The number of rotatable bonds is 4. The molecule has 8 nitrogen and oxygen atoms in total. The number of carboxylic acid groups (broad SMARTS) is 2. The molecule has 0 heterocycles. The van der Waals surface area contributed by atoms with Crippen molar-refractivity contribution in [2.75, 3.05) is 34.2 Å². The summed E-state index contributed by atoms with van der Waals surface area (Å²) in [6.45, 7) is -0.289. The van der Waals surface area contributed by atoms with Gasteiger partial charge in [-0.3, -0.25) is 4.79 Å². The minimum atomic E-state index is -1.04. The predicted octanol–water partition coefficient (Wildman–Crippen LogP) is -3.21.